The third-order valence-electron chi connectivity index (χ3n) is 6.44. The summed E-state index contributed by atoms with van der Waals surface area (Å²) in [5.74, 6) is 1.91. The standard InChI is InChI=1S/C25H25N5O6/c1-34-18-7-5-17(6-8-18)28-24-20(30(32)33)13-26-29(24)21-15-27(11-10-19(21)25(28)31)14-16-4-9-22(35-2)23(12-16)36-3/h4-9,12-13H,10-11,14-15H2,1-3H3. The molecule has 0 amide bonds. The van der Waals surface area contributed by atoms with E-state index in [9.17, 15) is 14.9 Å². The number of hydrogen-bond donors (Lipinski definition) is 0. The fourth-order valence-corrected chi connectivity index (χ4v) is 4.67. The van der Waals surface area contributed by atoms with Crippen LogP contribution in [0.3, 0.4) is 0 Å². The van der Waals surface area contributed by atoms with Gasteiger partial charge in [0.25, 0.3) is 5.56 Å². The minimum absolute atomic E-state index is 0.127. The summed E-state index contributed by atoms with van der Waals surface area (Å²) in [7, 11) is 4.73. The van der Waals surface area contributed by atoms with E-state index in [1.807, 2.05) is 18.2 Å². The van der Waals surface area contributed by atoms with Gasteiger partial charge in [0.05, 0.1) is 37.6 Å². The molecule has 0 saturated carbocycles. The van der Waals surface area contributed by atoms with E-state index in [-0.39, 0.29) is 16.9 Å². The zero-order chi connectivity index (χ0) is 25.4. The molecule has 0 fully saturated rings. The highest BCUT2D eigenvalue weighted by Gasteiger charge is 2.29. The molecule has 0 spiro atoms. The number of nitro groups is 1. The number of nitrogens with zero attached hydrogens (tertiary/aromatic N) is 5. The van der Waals surface area contributed by atoms with E-state index in [0.717, 1.165) is 5.56 Å². The van der Waals surface area contributed by atoms with E-state index in [1.165, 1.54) is 15.3 Å². The minimum Gasteiger partial charge on any atom is -0.497 e. The lowest BCUT2D eigenvalue weighted by Crippen LogP contribution is -2.38. The molecule has 0 radical (unpaired) electrons. The van der Waals surface area contributed by atoms with Crippen molar-refractivity contribution in [1.82, 2.24) is 19.1 Å². The van der Waals surface area contributed by atoms with Gasteiger partial charge in [0.15, 0.2) is 11.5 Å². The van der Waals surface area contributed by atoms with Crippen LogP contribution in [0.4, 0.5) is 5.69 Å². The Kier molecular flexibility index (Phi) is 6.06. The van der Waals surface area contributed by atoms with Crippen molar-refractivity contribution in [2.75, 3.05) is 27.9 Å². The van der Waals surface area contributed by atoms with E-state index in [0.29, 0.717) is 60.2 Å². The smallest absolute Gasteiger partial charge is 0.332 e. The fourth-order valence-electron chi connectivity index (χ4n) is 4.67. The molecular formula is C25H25N5O6. The summed E-state index contributed by atoms with van der Waals surface area (Å²) in [4.78, 5) is 27.2. The van der Waals surface area contributed by atoms with Crippen molar-refractivity contribution in [2.24, 2.45) is 0 Å². The molecule has 3 heterocycles. The topological polar surface area (TPSA) is 113 Å². The van der Waals surface area contributed by atoms with Crippen LogP contribution >= 0.6 is 0 Å². The molecular weight excluding hydrogens is 466 g/mol. The lowest BCUT2D eigenvalue weighted by molar-refractivity contribution is -0.383. The first-order valence-corrected chi connectivity index (χ1v) is 11.3. The number of benzene rings is 2. The van der Waals surface area contributed by atoms with Gasteiger partial charge >= 0.3 is 5.69 Å². The van der Waals surface area contributed by atoms with Gasteiger partial charge in [-0.25, -0.2) is 4.52 Å². The van der Waals surface area contributed by atoms with Crippen molar-refractivity contribution in [3.05, 3.63) is 86.0 Å². The molecule has 11 heteroatoms. The maximum atomic E-state index is 13.7. The van der Waals surface area contributed by atoms with Gasteiger partial charge in [-0.1, -0.05) is 6.07 Å². The van der Waals surface area contributed by atoms with Crippen molar-refractivity contribution in [3.63, 3.8) is 0 Å². The van der Waals surface area contributed by atoms with Crippen LogP contribution in [0.25, 0.3) is 11.3 Å². The predicted molar refractivity (Wildman–Crippen MR) is 131 cm³/mol. The van der Waals surface area contributed by atoms with Gasteiger partial charge in [0, 0.05) is 25.2 Å². The Bertz CT molecular complexity index is 1510. The number of aromatic nitrogens is 3. The zero-order valence-electron chi connectivity index (χ0n) is 20.1. The van der Waals surface area contributed by atoms with Crippen LogP contribution in [-0.4, -0.2) is 51.9 Å². The lowest BCUT2D eigenvalue weighted by Gasteiger charge is -2.29. The van der Waals surface area contributed by atoms with Crippen molar-refractivity contribution >= 4 is 11.3 Å². The third kappa shape index (κ3) is 3.93. The fraction of sp³-hybridized carbons (Fsp3) is 0.280. The first kappa shape index (κ1) is 23.4. The van der Waals surface area contributed by atoms with E-state index >= 15 is 0 Å². The number of methoxy groups -OCH3 is 3. The first-order chi connectivity index (χ1) is 17.4. The molecule has 0 saturated heterocycles. The van der Waals surface area contributed by atoms with Crippen LogP contribution < -0.4 is 19.8 Å². The maximum Gasteiger partial charge on any atom is 0.332 e. The summed E-state index contributed by atoms with van der Waals surface area (Å²) >= 11 is 0. The average molecular weight is 492 g/mol. The summed E-state index contributed by atoms with van der Waals surface area (Å²) in [5, 5.41) is 16.2. The average Bonchev–Trinajstić information content (AvgIpc) is 3.34. The molecule has 5 rings (SSSR count). The van der Waals surface area contributed by atoms with E-state index in [1.54, 1.807) is 45.6 Å². The summed E-state index contributed by atoms with van der Waals surface area (Å²) < 4.78 is 18.9. The van der Waals surface area contributed by atoms with Gasteiger partial charge in [-0.3, -0.25) is 24.4 Å². The van der Waals surface area contributed by atoms with Gasteiger partial charge in [0.2, 0.25) is 5.65 Å². The molecule has 0 atom stereocenters. The van der Waals surface area contributed by atoms with Crippen LogP contribution in [0, 0.1) is 10.1 Å². The van der Waals surface area contributed by atoms with Crippen LogP contribution in [0.15, 0.2) is 53.5 Å². The van der Waals surface area contributed by atoms with E-state index < -0.39 is 4.92 Å². The number of rotatable bonds is 7. The molecule has 36 heavy (non-hydrogen) atoms. The number of hydrogen-bond acceptors (Lipinski definition) is 8. The third-order valence-corrected chi connectivity index (χ3v) is 6.44. The summed E-state index contributed by atoms with van der Waals surface area (Å²) in [6.45, 7) is 1.66. The Morgan fingerprint density at radius 2 is 1.78 bits per heavy atom. The van der Waals surface area contributed by atoms with Crippen LogP contribution in [0.5, 0.6) is 17.2 Å². The van der Waals surface area contributed by atoms with Crippen LogP contribution in [0.2, 0.25) is 0 Å². The number of ether oxygens (including phenoxy) is 3. The van der Waals surface area contributed by atoms with Gasteiger partial charge in [-0.05, 0) is 48.4 Å². The molecule has 2 aromatic carbocycles. The Morgan fingerprint density at radius 1 is 1.03 bits per heavy atom. The largest absolute Gasteiger partial charge is 0.497 e. The summed E-state index contributed by atoms with van der Waals surface area (Å²) in [5.41, 5.74) is 2.39. The van der Waals surface area contributed by atoms with Crippen LogP contribution in [-0.2, 0) is 19.5 Å². The van der Waals surface area contributed by atoms with Crippen molar-refractivity contribution in [3.8, 4) is 22.9 Å². The molecule has 0 N–H and O–H groups in total. The zero-order valence-corrected chi connectivity index (χ0v) is 20.1. The summed E-state index contributed by atoms with van der Waals surface area (Å²) in [6.07, 6.45) is 1.68. The Balaban J connectivity index is 1.58. The van der Waals surface area contributed by atoms with Crippen LogP contribution in [0.1, 0.15) is 16.8 Å². The Morgan fingerprint density at radius 3 is 2.44 bits per heavy atom. The van der Waals surface area contributed by atoms with E-state index in [4.69, 9.17) is 14.2 Å². The Labute approximate surface area is 206 Å². The molecule has 11 nitrogen and oxygen atoms in total. The predicted octanol–water partition coefficient (Wildman–Crippen LogP) is 2.98. The van der Waals surface area contributed by atoms with Crippen molar-refractivity contribution < 1.29 is 19.1 Å². The second-order valence-electron chi connectivity index (χ2n) is 8.44. The monoisotopic (exact) mass is 491 g/mol. The molecule has 1 aliphatic rings. The highest BCUT2D eigenvalue weighted by molar-refractivity contribution is 5.64. The van der Waals surface area contributed by atoms with Crippen molar-refractivity contribution in [2.45, 2.75) is 19.5 Å². The second-order valence-corrected chi connectivity index (χ2v) is 8.44. The SMILES string of the molecule is COc1ccc(-n2c(=O)c3c(n4ncc([N+](=O)[O-])c24)CN(Cc2ccc(OC)c(OC)c2)CC3)cc1. The molecule has 0 aliphatic carbocycles. The molecule has 186 valence electrons. The highest BCUT2D eigenvalue weighted by atomic mass is 16.6. The highest BCUT2D eigenvalue weighted by Crippen LogP contribution is 2.30. The molecule has 0 unspecified atom stereocenters. The first-order valence-electron chi connectivity index (χ1n) is 11.3. The Hall–Kier alpha value is -4.38. The van der Waals surface area contributed by atoms with E-state index in [2.05, 4.69) is 10.00 Å². The normalized spacial score (nSPS) is 13.4. The van der Waals surface area contributed by atoms with Gasteiger partial charge in [-0.15, -0.1) is 0 Å². The molecule has 4 aromatic rings. The van der Waals surface area contributed by atoms with Gasteiger partial charge in [-0.2, -0.15) is 5.10 Å². The van der Waals surface area contributed by atoms with Crippen molar-refractivity contribution in [1.29, 1.82) is 0 Å². The quantitative estimate of drug-likeness (QED) is 0.286. The summed E-state index contributed by atoms with van der Waals surface area (Å²) in [6, 6.07) is 12.6. The van der Waals surface area contributed by atoms with Gasteiger partial charge < -0.3 is 14.2 Å². The molecule has 1 aliphatic heterocycles. The van der Waals surface area contributed by atoms with Gasteiger partial charge in [0.1, 0.15) is 11.9 Å². The molecule has 0 bridgehead atoms. The lowest BCUT2D eigenvalue weighted by atomic mass is 10.0. The maximum absolute atomic E-state index is 13.7. The number of fused-ring (bicyclic) bond motifs is 3. The second kappa shape index (κ2) is 9.34. The minimum atomic E-state index is -0.515. The molecule has 2 aromatic heterocycles.